The summed E-state index contributed by atoms with van der Waals surface area (Å²) in [4.78, 5) is 20.9. The van der Waals surface area contributed by atoms with Gasteiger partial charge in [-0.05, 0) is 45.5 Å². The van der Waals surface area contributed by atoms with Crippen LogP contribution in [0, 0.1) is 0 Å². The summed E-state index contributed by atoms with van der Waals surface area (Å²) in [7, 11) is 0. The quantitative estimate of drug-likeness (QED) is 0.161. The summed E-state index contributed by atoms with van der Waals surface area (Å²) in [5, 5.41) is 2.30. The smallest absolute Gasteiger partial charge is 0.160 e. The Morgan fingerprint density at radius 3 is 0.903 bits per heavy atom. The van der Waals surface area contributed by atoms with Crippen molar-refractivity contribution in [2.75, 3.05) is 0 Å². The molecule has 12 rings (SSSR count). The number of hydrogen-bond donors (Lipinski definition) is 0. The van der Waals surface area contributed by atoms with Crippen LogP contribution >= 0.6 is 22.7 Å². The van der Waals surface area contributed by atoms with E-state index in [1.807, 2.05) is 12.1 Å². The van der Waals surface area contributed by atoms with Gasteiger partial charge in [0.2, 0.25) is 0 Å². The molecule has 62 heavy (non-hydrogen) atoms. The molecule has 4 heterocycles. The lowest BCUT2D eigenvalue weighted by Gasteiger charge is -2.10. The molecule has 6 heteroatoms. The average molecular weight is 827 g/mol. The molecule has 0 saturated heterocycles. The zero-order valence-corrected chi connectivity index (χ0v) is 34.9. The van der Waals surface area contributed by atoms with Crippen molar-refractivity contribution in [2.45, 2.75) is 0 Å². The fourth-order valence-corrected chi connectivity index (χ4v) is 10.7. The van der Waals surface area contributed by atoms with E-state index in [1.165, 1.54) is 31.7 Å². The minimum atomic E-state index is 0.715. The lowest BCUT2D eigenvalue weighted by molar-refractivity contribution is 1.24. The lowest BCUT2D eigenvalue weighted by atomic mass is 10.0. The third kappa shape index (κ3) is 6.45. The zero-order valence-electron chi connectivity index (χ0n) is 33.2. The maximum atomic E-state index is 5.26. The molecule has 12 aromatic rings. The highest BCUT2D eigenvalue weighted by atomic mass is 32.1. The molecule has 0 bridgehead atoms. The summed E-state index contributed by atoms with van der Waals surface area (Å²) in [6, 6.07) is 72.6. The molecule has 0 atom stereocenters. The molecule has 4 nitrogen and oxygen atoms in total. The summed E-state index contributed by atoms with van der Waals surface area (Å²) in [5.74, 6) is 1.44. The first-order valence-corrected chi connectivity index (χ1v) is 22.2. The molecule has 0 amide bonds. The van der Waals surface area contributed by atoms with Gasteiger partial charge in [0.1, 0.15) is 0 Å². The van der Waals surface area contributed by atoms with Gasteiger partial charge in [-0.1, -0.05) is 194 Å². The van der Waals surface area contributed by atoms with Gasteiger partial charge in [0.25, 0.3) is 0 Å². The highest BCUT2D eigenvalue weighted by molar-refractivity contribution is 7.26. The Kier molecular flexibility index (Phi) is 8.84. The molecule has 0 spiro atoms. The van der Waals surface area contributed by atoms with Crippen LogP contribution in [0.2, 0.25) is 0 Å². The molecule has 0 unspecified atom stereocenters. The largest absolute Gasteiger partial charge is 0.226 e. The molecule has 0 N–H and O–H groups in total. The van der Waals surface area contributed by atoms with Gasteiger partial charge < -0.3 is 0 Å². The summed E-state index contributed by atoms with van der Waals surface area (Å²) in [6.07, 6.45) is 0. The maximum absolute atomic E-state index is 5.26. The first-order valence-electron chi connectivity index (χ1n) is 20.6. The minimum Gasteiger partial charge on any atom is -0.226 e. The van der Waals surface area contributed by atoms with Crippen molar-refractivity contribution in [3.05, 3.63) is 206 Å². The third-order valence-electron chi connectivity index (χ3n) is 11.6. The average Bonchev–Trinajstić information content (AvgIpc) is 3.93. The van der Waals surface area contributed by atoms with E-state index in [2.05, 4.69) is 194 Å². The van der Waals surface area contributed by atoms with E-state index in [4.69, 9.17) is 19.9 Å². The Balaban J connectivity index is 0.888. The molecule has 0 saturated carbocycles. The van der Waals surface area contributed by atoms with Gasteiger partial charge in [0.05, 0.1) is 31.8 Å². The molecule has 0 fully saturated rings. The highest BCUT2D eigenvalue weighted by Gasteiger charge is 2.19. The Hall–Kier alpha value is -7.64. The van der Waals surface area contributed by atoms with Crippen LogP contribution < -0.4 is 0 Å². The number of rotatable bonds is 7. The van der Waals surface area contributed by atoms with E-state index in [9.17, 15) is 0 Å². The fourth-order valence-electron chi connectivity index (χ4n) is 8.36. The van der Waals surface area contributed by atoms with E-state index in [0.29, 0.717) is 5.82 Å². The zero-order chi connectivity index (χ0) is 41.0. The van der Waals surface area contributed by atoms with Gasteiger partial charge in [-0.2, -0.15) is 0 Å². The summed E-state index contributed by atoms with van der Waals surface area (Å²) in [6.45, 7) is 0. The second kappa shape index (κ2) is 15.1. The van der Waals surface area contributed by atoms with Crippen molar-refractivity contribution < 1.29 is 0 Å². The van der Waals surface area contributed by atoms with Gasteiger partial charge in [0, 0.05) is 42.4 Å². The third-order valence-corrected chi connectivity index (χ3v) is 13.9. The fraction of sp³-hybridized carbons (Fsp3) is 0. The minimum absolute atomic E-state index is 0.715. The SMILES string of the molecule is c1ccc(-c2ccc(-c3nc(-c4ccc(-c5ccc(-c6nc(-c7ccc(-c8ccccc8)cc7)c7sc8ccccc8c7n6)cc5)cc4)c4sc5ccccc5c4n3)cc2)cc1. The number of fused-ring (bicyclic) bond motifs is 6. The molecule has 0 aliphatic rings. The predicted octanol–water partition coefficient (Wildman–Crippen LogP) is 15.7. The number of nitrogens with zero attached hydrogens (tertiary/aromatic N) is 4. The Morgan fingerprint density at radius 1 is 0.242 bits per heavy atom. The molecule has 8 aromatic carbocycles. The van der Waals surface area contributed by atoms with E-state index in [0.717, 1.165) is 81.8 Å². The number of aromatic nitrogens is 4. The Bertz CT molecular complexity index is 3580. The summed E-state index contributed by atoms with van der Waals surface area (Å²) < 4.78 is 4.60. The molecule has 0 aliphatic heterocycles. The van der Waals surface area contributed by atoms with Gasteiger partial charge in [0.15, 0.2) is 11.6 Å². The van der Waals surface area contributed by atoms with Gasteiger partial charge in [-0.25, -0.2) is 19.9 Å². The number of benzene rings is 8. The molecule has 0 aliphatic carbocycles. The van der Waals surface area contributed by atoms with E-state index in [1.54, 1.807) is 22.7 Å². The monoisotopic (exact) mass is 826 g/mol. The standard InChI is InChI=1S/C56H34N4S2/c1-3-11-35(12-4-1)37-19-27-41(28-20-37)49-53-51(45-15-7-9-17-47(45)61-53)60-56(57-49)44-33-25-40(26-34-44)39-21-29-42(30-22-39)50-54-52(46-16-8-10-18-48(46)62-54)59-55(58-50)43-31-23-38(24-32-43)36-13-5-2-6-14-36/h1-34H. The number of hydrogen-bond acceptors (Lipinski definition) is 6. The molecule has 4 aromatic heterocycles. The van der Waals surface area contributed by atoms with E-state index < -0.39 is 0 Å². The van der Waals surface area contributed by atoms with Gasteiger partial charge in [-0.15, -0.1) is 22.7 Å². The van der Waals surface area contributed by atoms with Crippen molar-refractivity contribution in [1.82, 2.24) is 19.9 Å². The molecular formula is C56H34N4S2. The van der Waals surface area contributed by atoms with Crippen molar-refractivity contribution in [3.63, 3.8) is 0 Å². The topological polar surface area (TPSA) is 51.6 Å². The van der Waals surface area contributed by atoms with E-state index in [-0.39, 0.29) is 0 Å². The van der Waals surface area contributed by atoms with Crippen molar-refractivity contribution in [2.24, 2.45) is 0 Å². The number of thiophene rings is 2. The van der Waals surface area contributed by atoms with Crippen LogP contribution in [-0.2, 0) is 0 Å². The van der Waals surface area contributed by atoms with Crippen LogP contribution in [0.25, 0.3) is 119 Å². The summed E-state index contributed by atoms with van der Waals surface area (Å²) >= 11 is 3.51. The van der Waals surface area contributed by atoms with Gasteiger partial charge in [-0.3, -0.25) is 0 Å². The highest BCUT2D eigenvalue weighted by Crippen LogP contribution is 2.42. The molecule has 290 valence electrons. The normalized spacial score (nSPS) is 11.5. The molecular weight excluding hydrogens is 793 g/mol. The lowest BCUT2D eigenvalue weighted by Crippen LogP contribution is -1.94. The van der Waals surface area contributed by atoms with Gasteiger partial charge >= 0.3 is 0 Å². The molecule has 0 radical (unpaired) electrons. The predicted molar refractivity (Wildman–Crippen MR) is 261 cm³/mol. The van der Waals surface area contributed by atoms with Crippen molar-refractivity contribution in [3.8, 4) is 78.7 Å². The summed E-state index contributed by atoms with van der Waals surface area (Å²) in [5.41, 5.74) is 14.9. The van der Waals surface area contributed by atoms with Crippen LogP contribution in [-0.4, -0.2) is 19.9 Å². The van der Waals surface area contributed by atoms with Crippen LogP contribution in [0.3, 0.4) is 0 Å². The second-order valence-electron chi connectivity index (χ2n) is 15.4. The second-order valence-corrected chi connectivity index (χ2v) is 17.5. The Morgan fingerprint density at radius 2 is 0.532 bits per heavy atom. The maximum Gasteiger partial charge on any atom is 0.160 e. The van der Waals surface area contributed by atoms with Crippen molar-refractivity contribution in [1.29, 1.82) is 0 Å². The van der Waals surface area contributed by atoms with Crippen molar-refractivity contribution >= 4 is 63.3 Å². The van der Waals surface area contributed by atoms with Crippen LogP contribution in [0.5, 0.6) is 0 Å². The Labute approximate surface area is 366 Å². The van der Waals surface area contributed by atoms with Crippen LogP contribution in [0.4, 0.5) is 0 Å². The van der Waals surface area contributed by atoms with Crippen LogP contribution in [0.15, 0.2) is 206 Å². The first kappa shape index (κ1) is 36.2. The van der Waals surface area contributed by atoms with E-state index >= 15 is 0 Å². The van der Waals surface area contributed by atoms with Crippen LogP contribution in [0.1, 0.15) is 0 Å². The first-order chi connectivity index (χ1) is 30.7.